The number of carbonyl (C=O) groups is 1. The Bertz CT molecular complexity index is 833. The van der Waals surface area contributed by atoms with Crippen LogP contribution in [0.4, 0.5) is 15.9 Å². The van der Waals surface area contributed by atoms with Gasteiger partial charge in [0.2, 0.25) is 5.82 Å². The molecule has 0 aliphatic carbocycles. The topological polar surface area (TPSA) is 118 Å². The Morgan fingerprint density at radius 3 is 2.68 bits per heavy atom. The average Bonchev–Trinajstić information content (AvgIpc) is 2.62. The number of pyridine rings is 1. The summed E-state index contributed by atoms with van der Waals surface area (Å²) in [5.74, 6) is -2.03. The second kappa shape index (κ2) is 7.83. The molecular formula is C16H13FN4O4. The third-order valence-electron chi connectivity index (χ3n) is 3.46. The molecule has 0 bridgehead atoms. The highest BCUT2D eigenvalue weighted by Gasteiger charge is 2.25. The summed E-state index contributed by atoms with van der Waals surface area (Å²) in [4.78, 5) is 26.3. The van der Waals surface area contributed by atoms with Gasteiger partial charge in [-0.15, -0.1) is 0 Å². The molecule has 1 N–H and O–H groups in total. The number of nitriles is 1. The molecule has 1 aromatic carbocycles. The number of aromatic nitrogens is 1. The average molecular weight is 344 g/mol. The third-order valence-corrected chi connectivity index (χ3v) is 3.46. The van der Waals surface area contributed by atoms with Crippen molar-refractivity contribution in [1.29, 1.82) is 5.26 Å². The number of benzene rings is 1. The first-order chi connectivity index (χ1) is 12.0. The van der Waals surface area contributed by atoms with Crippen LogP contribution < -0.4 is 5.32 Å². The maximum atomic E-state index is 13.1. The highest BCUT2D eigenvalue weighted by Crippen LogP contribution is 2.27. The normalized spacial score (nSPS) is 11.2. The molecule has 128 valence electrons. The largest absolute Gasteiger partial charge is 0.468 e. The Morgan fingerprint density at radius 1 is 1.44 bits per heavy atom. The van der Waals surface area contributed by atoms with Crippen LogP contribution in [0.15, 0.2) is 36.5 Å². The molecule has 0 radical (unpaired) electrons. The zero-order valence-corrected chi connectivity index (χ0v) is 13.1. The smallest absolute Gasteiger partial charge is 0.328 e. The Balaban J connectivity index is 2.30. The van der Waals surface area contributed by atoms with Gasteiger partial charge in [0.25, 0.3) is 0 Å². The lowest BCUT2D eigenvalue weighted by Crippen LogP contribution is -2.23. The van der Waals surface area contributed by atoms with E-state index >= 15 is 0 Å². The SMILES string of the molecule is COC(=O)C(CNc1nccc(C#N)c1[N+](=O)[O-])c1ccc(F)cc1. The van der Waals surface area contributed by atoms with Crippen LogP contribution in [0.2, 0.25) is 0 Å². The number of nitro groups is 1. The van der Waals surface area contributed by atoms with Gasteiger partial charge in [0.1, 0.15) is 17.4 Å². The van der Waals surface area contributed by atoms with E-state index in [0.717, 1.165) is 0 Å². The van der Waals surface area contributed by atoms with Crippen LogP contribution in [0.25, 0.3) is 0 Å². The molecule has 0 saturated carbocycles. The number of ether oxygens (including phenoxy) is 1. The number of nitrogens with one attached hydrogen (secondary N) is 1. The van der Waals surface area contributed by atoms with Crippen LogP contribution in [0, 0.1) is 27.3 Å². The monoisotopic (exact) mass is 344 g/mol. The highest BCUT2D eigenvalue weighted by molar-refractivity contribution is 5.79. The van der Waals surface area contributed by atoms with E-state index in [4.69, 9.17) is 10.00 Å². The number of hydrogen-bond donors (Lipinski definition) is 1. The van der Waals surface area contributed by atoms with Crippen molar-refractivity contribution in [3.05, 3.63) is 63.6 Å². The number of anilines is 1. The second-order valence-electron chi connectivity index (χ2n) is 4.93. The fourth-order valence-corrected chi connectivity index (χ4v) is 2.23. The number of methoxy groups -OCH3 is 1. The number of hydrogen-bond acceptors (Lipinski definition) is 7. The summed E-state index contributed by atoms with van der Waals surface area (Å²) in [5.41, 5.74) is -0.161. The van der Waals surface area contributed by atoms with Crippen LogP contribution in [-0.4, -0.2) is 29.5 Å². The lowest BCUT2D eigenvalue weighted by molar-refractivity contribution is -0.384. The highest BCUT2D eigenvalue weighted by atomic mass is 19.1. The number of esters is 1. The van der Waals surface area contributed by atoms with E-state index < -0.39 is 28.3 Å². The van der Waals surface area contributed by atoms with Gasteiger partial charge >= 0.3 is 11.7 Å². The molecule has 1 aromatic heterocycles. The maximum Gasteiger partial charge on any atom is 0.328 e. The van der Waals surface area contributed by atoms with E-state index in [1.54, 1.807) is 6.07 Å². The first kappa shape index (κ1) is 17.8. The van der Waals surface area contributed by atoms with Crippen molar-refractivity contribution < 1.29 is 18.8 Å². The number of halogens is 1. The van der Waals surface area contributed by atoms with Crippen molar-refractivity contribution in [2.75, 3.05) is 19.0 Å². The molecule has 1 heterocycles. The first-order valence-corrected chi connectivity index (χ1v) is 7.08. The van der Waals surface area contributed by atoms with Gasteiger partial charge in [-0.2, -0.15) is 5.26 Å². The quantitative estimate of drug-likeness (QED) is 0.485. The zero-order valence-electron chi connectivity index (χ0n) is 13.1. The molecule has 8 nitrogen and oxygen atoms in total. The van der Waals surface area contributed by atoms with Crippen molar-refractivity contribution in [2.24, 2.45) is 0 Å². The van der Waals surface area contributed by atoms with Gasteiger partial charge in [-0.25, -0.2) is 9.37 Å². The van der Waals surface area contributed by atoms with Crippen molar-refractivity contribution in [1.82, 2.24) is 4.98 Å². The van der Waals surface area contributed by atoms with Gasteiger partial charge in [0, 0.05) is 12.7 Å². The zero-order chi connectivity index (χ0) is 18.4. The summed E-state index contributed by atoms with van der Waals surface area (Å²) in [6, 6.07) is 8.18. The van der Waals surface area contributed by atoms with Gasteiger partial charge in [0.15, 0.2) is 0 Å². The fourth-order valence-electron chi connectivity index (χ4n) is 2.23. The van der Waals surface area contributed by atoms with Crippen molar-refractivity contribution in [3.63, 3.8) is 0 Å². The van der Waals surface area contributed by atoms with Gasteiger partial charge in [-0.3, -0.25) is 14.9 Å². The molecule has 0 amide bonds. The Kier molecular flexibility index (Phi) is 5.58. The van der Waals surface area contributed by atoms with E-state index in [-0.39, 0.29) is 17.9 Å². The lowest BCUT2D eigenvalue weighted by atomic mass is 9.99. The summed E-state index contributed by atoms with van der Waals surface area (Å²) < 4.78 is 17.8. The van der Waals surface area contributed by atoms with E-state index in [9.17, 15) is 19.3 Å². The molecule has 0 aliphatic heterocycles. The van der Waals surface area contributed by atoms with Crippen LogP contribution in [0.3, 0.4) is 0 Å². The van der Waals surface area contributed by atoms with E-state index in [1.165, 1.54) is 43.6 Å². The second-order valence-corrected chi connectivity index (χ2v) is 4.93. The van der Waals surface area contributed by atoms with Gasteiger partial charge in [0.05, 0.1) is 18.0 Å². The van der Waals surface area contributed by atoms with E-state index in [0.29, 0.717) is 5.56 Å². The number of carbonyl (C=O) groups excluding carboxylic acids is 1. The summed E-state index contributed by atoms with van der Waals surface area (Å²) >= 11 is 0. The minimum atomic E-state index is -0.835. The van der Waals surface area contributed by atoms with E-state index in [2.05, 4.69) is 10.3 Å². The van der Waals surface area contributed by atoms with Crippen molar-refractivity contribution >= 4 is 17.5 Å². The minimum absolute atomic E-state index is 0.0823. The molecule has 1 unspecified atom stereocenters. The summed E-state index contributed by atoms with van der Waals surface area (Å²) in [7, 11) is 1.20. The molecule has 0 spiro atoms. The summed E-state index contributed by atoms with van der Waals surface area (Å²) in [5, 5.41) is 22.9. The van der Waals surface area contributed by atoms with Crippen LogP contribution in [-0.2, 0) is 9.53 Å². The number of nitrogens with zero attached hydrogens (tertiary/aromatic N) is 3. The molecule has 0 fully saturated rings. The third kappa shape index (κ3) is 4.06. The van der Waals surface area contributed by atoms with Gasteiger partial charge in [-0.1, -0.05) is 12.1 Å². The van der Waals surface area contributed by atoms with E-state index in [1.807, 2.05) is 0 Å². The molecule has 2 rings (SSSR count). The van der Waals surface area contributed by atoms with Crippen LogP contribution in [0.5, 0.6) is 0 Å². The first-order valence-electron chi connectivity index (χ1n) is 7.08. The molecule has 25 heavy (non-hydrogen) atoms. The molecule has 0 aliphatic rings. The minimum Gasteiger partial charge on any atom is -0.468 e. The number of rotatable bonds is 6. The summed E-state index contributed by atoms with van der Waals surface area (Å²) in [6.07, 6.45) is 1.25. The standard InChI is InChI=1S/C16H13FN4O4/c1-25-16(22)13(10-2-4-12(17)5-3-10)9-20-15-14(21(23)24)11(8-18)6-7-19-15/h2-7,13H,9H2,1H3,(H,19,20). The molecule has 0 saturated heterocycles. The van der Waals surface area contributed by atoms with Crippen LogP contribution in [0.1, 0.15) is 17.0 Å². The molecule has 9 heteroatoms. The van der Waals surface area contributed by atoms with Gasteiger partial charge in [-0.05, 0) is 23.8 Å². The molecule has 1 atom stereocenters. The Labute approximate surface area is 142 Å². The maximum absolute atomic E-state index is 13.1. The Morgan fingerprint density at radius 2 is 2.12 bits per heavy atom. The predicted molar refractivity (Wildman–Crippen MR) is 85.3 cm³/mol. The summed E-state index contributed by atoms with van der Waals surface area (Å²) in [6.45, 7) is -0.0823. The van der Waals surface area contributed by atoms with Crippen LogP contribution >= 0.6 is 0 Å². The lowest BCUT2D eigenvalue weighted by Gasteiger charge is -2.16. The van der Waals surface area contributed by atoms with Crippen molar-refractivity contribution in [3.8, 4) is 6.07 Å². The van der Waals surface area contributed by atoms with Gasteiger partial charge < -0.3 is 10.1 Å². The molecular weight excluding hydrogens is 331 g/mol. The molecule has 2 aromatic rings. The van der Waals surface area contributed by atoms with Crippen molar-refractivity contribution in [2.45, 2.75) is 5.92 Å². The Hall–Kier alpha value is -3.54. The predicted octanol–water partition coefficient (Wildman–Crippen LogP) is 2.37. The fraction of sp³-hybridized carbons (Fsp3) is 0.188.